The van der Waals surface area contributed by atoms with Gasteiger partial charge in [-0.15, -0.1) is 0 Å². The fraction of sp³-hybridized carbons (Fsp3) is 0.154. The summed E-state index contributed by atoms with van der Waals surface area (Å²) in [4.78, 5) is 4.81. The molecule has 9 rings (SSSR count). The first-order valence-corrected chi connectivity index (χ1v) is 19.2. The van der Waals surface area contributed by atoms with E-state index in [2.05, 4.69) is 219 Å². The predicted octanol–water partition coefficient (Wildman–Crippen LogP) is 14.9. The summed E-state index contributed by atoms with van der Waals surface area (Å²) in [5, 5.41) is 4.94. The second kappa shape index (κ2) is 13.4. The molecule has 0 aliphatic heterocycles. The second-order valence-electron chi connectivity index (χ2n) is 16.1. The number of benzene rings is 8. The van der Waals surface area contributed by atoms with Gasteiger partial charge in [-0.25, -0.2) is 0 Å². The number of para-hydroxylation sites is 1. The molecule has 264 valence electrons. The van der Waals surface area contributed by atoms with Crippen LogP contribution in [0.1, 0.15) is 51.7 Å². The van der Waals surface area contributed by atoms with Gasteiger partial charge >= 0.3 is 0 Å². The van der Waals surface area contributed by atoms with Crippen LogP contribution in [0.4, 0.5) is 34.1 Å². The lowest BCUT2D eigenvalue weighted by atomic mass is 9.63. The molecular formula is C52H46N2. The zero-order valence-electron chi connectivity index (χ0n) is 31.6. The van der Waals surface area contributed by atoms with Crippen LogP contribution in [0, 0.1) is 0 Å². The molecule has 8 aromatic carbocycles. The molecule has 2 heteroatoms. The minimum absolute atomic E-state index is 0.116. The first-order valence-electron chi connectivity index (χ1n) is 19.2. The van der Waals surface area contributed by atoms with E-state index >= 15 is 0 Å². The van der Waals surface area contributed by atoms with Crippen LogP contribution in [0.15, 0.2) is 182 Å². The van der Waals surface area contributed by atoms with Crippen molar-refractivity contribution >= 4 is 55.7 Å². The van der Waals surface area contributed by atoms with E-state index in [0.29, 0.717) is 0 Å². The van der Waals surface area contributed by atoms with Crippen molar-refractivity contribution in [3.05, 3.63) is 193 Å². The van der Waals surface area contributed by atoms with Gasteiger partial charge in [-0.2, -0.15) is 0 Å². The van der Waals surface area contributed by atoms with Crippen molar-refractivity contribution in [2.75, 3.05) is 9.80 Å². The molecule has 0 unspecified atom stereocenters. The Morgan fingerprint density at radius 1 is 0.352 bits per heavy atom. The van der Waals surface area contributed by atoms with Crippen LogP contribution in [-0.4, -0.2) is 0 Å². The van der Waals surface area contributed by atoms with Gasteiger partial charge in [0.05, 0.1) is 5.69 Å². The fourth-order valence-corrected chi connectivity index (χ4v) is 8.51. The van der Waals surface area contributed by atoms with E-state index in [-0.39, 0.29) is 10.8 Å². The molecule has 0 saturated heterocycles. The monoisotopic (exact) mass is 698 g/mol. The normalized spacial score (nSPS) is 14.4. The highest BCUT2D eigenvalue weighted by atomic mass is 15.1. The highest BCUT2D eigenvalue weighted by Gasteiger charge is 2.37. The molecule has 0 amide bonds. The summed E-state index contributed by atoms with van der Waals surface area (Å²) < 4.78 is 0. The molecule has 0 saturated carbocycles. The van der Waals surface area contributed by atoms with Crippen molar-refractivity contribution in [1.82, 2.24) is 0 Å². The van der Waals surface area contributed by atoms with E-state index in [9.17, 15) is 0 Å². The molecule has 0 fully saturated rings. The van der Waals surface area contributed by atoms with E-state index < -0.39 is 0 Å². The third kappa shape index (κ3) is 6.12. The smallest absolute Gasteiger partial charge is 0.0540 e. The summed E-state index contributed by atoms with van der Waals surface area (Å²) in [6.45, 7) is 9.62. The molecule has 0 heterocycles. The van der Waals surface area contributed by atoms with Crippen molar-refractivity contribution in [3.8, 4) is 11.1 Å². The molecule has 2 nitrogen and oxygen atoms in total. The van der Waals surface area contributed by atoms with Crippen LogP contribution < -0.4 is 9.80 Å². The first kappa shape index (κ1) is 33.7. The number of hydrogen-bond acceptors (Lipinski definition) is 2. The van der Waals surface area contributed by atoms with Crippen molar-refractivity contribution in [1.29, 1.82) is 0 Å². The first-order chi connectivity index (χ1) is 26.2. The van der Waals surface area contributed by atoms with E-state index in [1.807, 2.05) is 0 Å². The Bertz CT molecular complexity index is 2610. The molecule has 0 N–H and O–H groups in total. The topological polar surface area (TPSA) is 6.48 Å². The maximum absolute atomic E-state index is 2.47. The van der Waals surface area contributed by atoms with Gasteiger partial charge in [0.15, 0.2) is 0 Å². The summed E-state index contributed by atoms with van der Waals surface area (Å²) in [6, 6.07) is 66.6. The molecule has 54 heavy (non-hydrogen) atoms. The zero-order valence-corrected chi connectivity index (χ0v) is 31.6. The summed E-state index contributed by atoms with van der Waals surface area (Å²) in [6.07, 6.45) is 2.39. The number of anilines is 6. The summed E-state index contributed by atoms with van der Waals surface area (Å²) >= 11 is 0. The number of hydrogen-bond donors (Lipinski definition) is 0. The Labute approximate surface area is 320 Å². The third-order valence-electron chi connectivity index (χ3n) is 11.7. The van der Waals surface area contributed by atoms with Crippen LogP contribution in [0.2, 0.25) is 0 Å². The Balaban J connectivity index is 1.13. The number of rotatable bonds is 7. The van der Waals surface area contributed by atoms with Crippen molar-refractivity contribution in [2.45, 2.75) is 51.4 Å². The Hall–Kier alpha value is -6.12. The Morgan fingerprint density at radius 3 is 1.70 bits per heavy atom. The highest BCUT2D eigenvalue weighted by Crippen LogP contribution is 2.48. The van der Waals surface area contributed by atoms with E-state index in [1.165, 1.54) is 62.3 Å². The van der Waals surface area contributed by atoms with Crippen molar-refractivity contribution < 1.29 is 0 Å². The van der Waals surface area contributed by atoms with Gasteiger partial charge < -0.3 is 9.80 Å². The second-order valence-corrected chi connectivity index (χ2v) is 16.1. The van der Waals surface area contributed by atoms with Crippen LogP contribution >= 0.6 is 0 Å². The maximum Gasteiger partial charge on any atom is 0.0540 e. The van der Waals surface area contributed by atoms with Gasteiger partial charge in [0, 0.05) is 33.8 Å². The minimum Gasteiger partial charge on any atom is -0.310 e. The molecule has 0 bridgehead atoms. The summed E-state index contributed by atoms with van der Waals surface area (Å²) in [5.41, 5.74) is 12.5. The molecule has 0 aromatic heterocycles. The third-order valence-corrected chi connectivity index (χ3v) is 11.7. The molecule has 1 aliphatic carbocycles. The van der Waals surface area contributed by atoms with Gasteiger partial charge in [0.1, 0.15) is 0 Å². The van der Waals surface area contributed by atoms with E-state index in [4.69, 9.17) is 0 Å². The molecule has 8 aromatic rings. The van der Waals surface area contributed by atoms with Gasteiger partial charge in [0.25, 0.3) is 0 Å². The summed E-state index contributed by atoms with van der Waals surface area (Å²) in [7, 11) is 0. The van der Waals surface area contributed by atoms with E-state index in [0.717, 1.165) is 28.4 Å². The minimum atomic E-state index is 0.116. The van der Waals surface area contributed by atoms with Gasteiger partial charge in [-0.05, 0) is 129 Å². The molecule has 0 radical (unpaired) electrons. The standard InChI is InChI=1S/C52H46N2/c1-51(2)32-33-52(3,4)49-36-46(30-31-48(49)51)53(45-29-26-37-14-8-9-16-40(37)35-45)43-27-24-38(25-28-43)41-18-12-21-44(34-41)54(42-19-6-5-7-20-42)50-23-13-17-39-15-10-11-22-47(39)50/h5-31,34-36H,32-33H2,1-4H3. The van der Waals surface area contributed by atoms with E-state index in [1.54, 1.807) is 0 Å². The SMILES string of the molecule is CC1(C)CCC(C)(C)c2cc(N(c3ccc(-c4cccc(N(c5ccccc5)c5cccc6ccccc56)c4)cc3)c3ccc4ccccc4c3)ccc21. The Kier molecular flexibility index (Phi) is 8.35. The van der Waals surface area contributed by atoms with Crippen LogP contribution in [0.3, 0.4) is 0 Å². The Morgan fingerprint density at radius 2 is 0.907 bits per heavy atom. The van der Waals surface area contributed by atoms with Gasteiger partial charge in [0.2, 0.25) is 0 Å². The molecule has 0 spiro atoms. The van der Waals surface area contributed by atoms with Crippen molar-refractivity contribution in [3.63, 3.8) is 0 Å². The highest BCUT2D eigenvalue weighted by molar-refractivity contribution is 5.99. The number of nitrogens with zero attached hydrogens (tertiary/aromatic N) is 2. The quantitative estimate of drug-likeness (QED) is 0.163. The van der Waals surface area contributed by atoms with Gasteiger partial charge in [-0.1, -0.05) is 143 Å². The lowest BCUT2D eigenvalue weighted by molar-refractivity contribution is 0.332. The number of fused-ring (bicyclic) bond motifs is 3. The molecular weight excluding hydrogens is 653 g/mol. The van der Waals surface area contributed by atoms with Crippen LogP contribution in [-0.2, 0) is 10.8 Å². The lowest BCUT2D eigenvalue weighted by Gasteiger charge is -2.42. The van der Waals surface area contributed by atoms with Crippen molar-refractivity contribution in [2.24, 2.45) is 0 Å². The predicted molar refractivity (Wildman–Crippen MR) is 232 cm³/mol. The fourth-order valence-electron chi connectivity index (χ4n) is 8.51. The summed E-state index contributed by atoms with van der Waals surface area (Å²) in [5.74, 6) is 0. The average molecular weight is 699 g/mol. The molecule has 1 aliphatic rings. The van der Waals surface area contributed by atoms with Crippen LogP contribution in [0.5, 0.6) is 0 Å². The lowest BCUT2D eigenvalue weighted by Crippen LogP contribution is -2.34. The van der Waals surface area contributed by atoms with Crippen LogP contribution in [0.25, 0.3) is 32.7 Å². The average Bonchev–Trinajstić information content (AvgIpc) is 3.21. The zero-order chi connectivity index (χ0) is 36.9. The maximum atomic E-state index is 2.47. The molecule has 0 atom stereocenters. The largest absolute Gasteiger partial charge is 0.310 e. The van der Waals surface area contributed by atoms with Gasteiger partial charge in [-0.3, -0.25) is 0 Å².